The molecule has 1 aromatic rings. The van der Waals surface area contributed by atoms with Crippen molar-refractivity contribution in [2.45, 2.75) is 19.3 Å². The fourth-order valence-corrected chi connectivity index (χ4v) is 3.21. The van der Waals surface area contributed by atoms with Crippen LogP contribution >= 0.6 is 12.4 Å². The third-order valence-electron chi connectivity index (χ3n) is 4.44. The number of carbonyl (C=O) groups is 1. The van der Waals surface area contributed by atoms with E-state index in [0.717, 1.165) is 50.3 Å². The number of piperidine rings is 1. The summed E-state index contributed by atoms with van der Waals surface area (Å²) in [5.41, 5.74) is 0.841. The molecule has 2 aliphatic heterocycles. The van der Waals surface area contributed by atoms with E-state index in [-0.39, 0.29) is 17.8 Å². The van der Waals surface area contributed by atoms with Gasteiger partial charge in [-0.25, -0.2) is 0 Å². The van der Waals surface area contributed by atoms with Gasteiger partial charge in [-0.1, -0.05) is 6.07 Å². The summed E-state index contributed by atoms with van der Waals surface area (Å²) < 4.78 is 5.24. The zero-order chi connectivity index (χ0) is 13.3. The highest BCUT2D eigenvalue weighted by molar-refractivity contribution is 6.00. The lowest BCUT2D eigenvalue weighted by atomic mass is 9.78. The molecule has 1 N–H and O–H groups in total. The van der Waals surface area contributed by atoms with Crippen LogP contribution in [0.5, 0.6) is 5.75 Å². The molecule has 110 valence electrons. The average molecular weight is 297 g/mol. The summed E-state index contributed by atoms with van der Waals surface area (Å²) in [6.07, 6.45) is 2.91. The number of anilines is 1. The van der Waals surface area contributed by atoms with Gasteiger partial charge in [0.25, 0.3) is 0 Å². The highest BCUT2D eigenvalue weighted by Gasteiger charge is 2.47. The Morgan fingerprint density at radius 1 is 1.25 bits per heavy atom. The van der Waals surface area contributed by atoms with Gasteiger partial charge in [-0.15, -0.1) is 12.4 Å². The molecule has 0 aromatic heterocycles. The first-order valence-electron chi connectivity index (χ1n) is 6.92. The van der Waals surface area contributed by atoms with E-state index in [2.05, 4.69) is 5.32 Å². The SMILES string of the molecule is COc1cccc(N2CCC3(CCNCC3)C2=O)c1.Cl. The molecule has 2 heterocycles. The maximum Gasteiger partial charge on any atom is 0.233 e. The number of methoxy groups -OCH3 is 1. The number of nitrogens with one attached hydrogen (secondary N) is 1. The van der Waals surface area contributed by atoms with E-state index in [1.54, 1.807) is 7.11 Å². The third kappa shape index (κ3) is 2.50. The van der Waals surface area contributed by atoms with Crippen molar-refractivity contribution in [3.8, 4) is 5.75 Å². The predicted molar refractivity (Wildman–Crippen MR) is 81.7 cm³/mol. The number of benzene rings is 1. The van der Waals surface area contributed by atoms with Gasteiger partial charge in [0, 0.05) is 18.3 Å². The van der Waals surface area contributed by atoms with Gasteiger partial charge >= 0.3 is 0 Å². The van der Waals surface area contributed by atoms with Gasteiger partial charge in [0.1, 0.15) is 5.75 Å². The van der Waals surface area contributed by atoms with Crippen LogP contribution in [-0.4, -0.2) is 32.7 Å². The lowest BCUT2D eigenvalue weighted by Crippen LogP contribution is -2.42. The quantitative estimate of drug-likeness (QED) is 0.910. The molecular weight excluding hydrogens is 276 g/mol. The maximum atomic E-state index is 12.7. The zero-order valence-corrected chi connectivity index (χ0v) is 12.5. The second kappa shape index (κ2) is 6.02. The van der Waals surface area contributed by atoms with Gasteiger partial charge in [0.15, 0.2) is 0 Å². The molecule has 0 aliphatic carbocycles. The minimum Gasteiger partial charge on any atom is -0.497 e. The zero-order valence-electron chi connectivity index (χ0n) is 11.7. The maximum absolute atomic E-state index is 12.7. The van der Waals surface area contributed by atoms with Crippen LogP contribution in [0.25, 0.3) is 0 Å². The normalized spacial score (nSPS) is 20.9. The monoisotopic (exact) mass is 296 g/mol. The molecule has 3 rings (SSSR count). The molecule has 0 saturated carbocycles. The van der Waals surface area contributed by atoms with Crippen molar-refractivity contribution >= 4 is 24.0 Å². The molecule has 0 bridgehead atoms. The number of amides is 1. The fourth-order valence-electron chi connectivity index (χ4n) is 3.21. The van der Waals surface area contributed by atoms with Gasteiger partial charge in [-0.3, -0.25) is 4.79 Å². The summed E-state index contributed by atoms with van der Waals surface area (Å²) in [7, 11) is 1.65. The number of ether oxygens (including phenoxy) is 1. The van der Waals surface area contributed by atoms with E-state index in [9.17, 15) is 4.79 Å². The van der Waals surface area contributed by atoms with Crippen LogP contribution in [0.3, 0.4) is 0 Å². The van der Waals surface area contributed by atoms with Crippen molar-refractivity contribution in [3.63, 3.8) is 0 Å². The first-order valence-corrected chi connectivity index (χ1v) is 6.92. The Bertz CT molecular complexity index is 487. The second-order valence-corrected chi connectivity index (χ2v) is 5.44. The van der Waals surface area contributed by atoms with Crippen molar-refractivity contribution in [1.82, 2.24) is 5.32 Å². The van der Waals surface area contributed by atoms with E-state index < -0.39 is 0 Å². The van der Waals surface area contributed by atoms with Crippen LogP contribution < -0.4 is 15.0 Å². The highest BCUT2D eigenvalue weighted by atomic mass is 35.5. The van der Waals surface area contributed by atoms with Crippen molar-refractivity contribution in [3.05, 3.63) is 24.3 Å². The summed E-state index contributed by atoms with van der Waals surface area (Å²) in [5.74, 6) is 1.10. The lowest BCUT2D eigenvalue weighted by molar-refractivity contribution is -0.126. The number of halogens is 1. The van der Waals surface area contributed by atoms with Crippen LogP contribution in [0.1, 0.15) is 19.3 Å². The van der Waals surface area contributed by atoms with E-state index >= 15 is 0 Å². The molecule has 1 amide bonds. The van der Waals surface area contributed by atoms with Crippen LogP contribution in [0.15, 0.2) is 24.3 Å². The van der Waals surface area contributed by atoms with Gasteiger partial charge in [0.05, 0.1) is 12.5 Å². The fraction of sp³-hybridized carbons (Fsp3) is 0.533. The molecule has 2 aliphatic rings. The van der Waals surface area contributed by atoms with Gasteiger partial charge in [-0.2, -0.15) is 0 Å². The van der Waals surface area contributed by atoms with E-state index in [1.165, 1.54) is 0 Å². The Balaban J connectivity index is 0.00000147. The number of hydrogen-bond donors (Lipinski definition) is 1. The largest absolute Gasteiger partial charge is 0.497 e. The number of rotatable bonds is 2. The first kappa shape index (κ1) is 15.1. The molecule has 0 radical (unpaired) electrons. The molecule has 5 heteroatoms. The molecule has 1 aromatic carbocycles. The second-order valence-electron chi connectivity index (χ2n) is 5.44. The number of carbonyl (C=O) groups excluding carboxylic acids is 1. The Kier molecular flexibility index (Phi) is 4.55. The van der Waals surface area contributed by atoms with E-state index in [4.69, 9.17) is 4.74 Å². The van der Waals surface area contributed by atoms with Crippen molar-refractivity contribution in [2.24, 2.45) is 5.41 Å². The summed E-state index contributed by atoms with van der Waals surface area (Å²) in [6, 6.07) is 7.78. The molecule has 2 saturated heterocycles. The number of hydrogen-bond acceptors (Lipinski definition) is 3. The van der Waals surface area contributed by atoms with Crippen LogP contribution in [0.4, 0.5) is 5.69 Å². The van der Waals surface area contributed by atoms with E-state index in [1.807, 2.05) is 29.2 Å². The highest BCUT2D eigenvalue weighted by Crippen LogP contribution is 2.41. The molecular formula is C15H21ClN2O2. The Morgan fingerprint density at radius 2 is 2.00 bits per heavy atom. The number of nitrogens with zero attached hydrogens (tertiary/aromatic N) is 1. The summed E-state index contributed by atoms with van der Waals surface area (Å²) in [4.78, 5) is 14.7. The molecule has 20 heavy (non-hydrogen) atoms. The van der Waals surface area contributed by atoms with Gasteiger partial charge in [0.2, 0.25) is 5.91 Å². The minimum absolute atomic E-state index is 0. The molecule has 0 atom stereocenters. The molecule has 2 fully saturated rings. The standard InChI is InChI=1S/C15H20N2O2.ClH/c1-19-13-4-2-3-12(11-13)17-10-7-15(14(17)18)5-8-16-9-6-15;/h2-4,11,16H,5-10H2,1H3;1H. The summed E-state index contributed by atoms with van der Waals surface area (Å²) in [5, 5.41) is 3.34. The Hall–Kier alpha value is -1.26. The van der Waals surface area contributed by atoms with Crippen molar-refractivity contribution in [1.29, 1.82) is 0 Å². The smallest absolute Gasteiger partial charge is 0.233 e. The van der Waals surface area contributed by atoms with Gasteiger partial charge < -0.3 is 15.0 Å². The molecule has 4 nitrogen and oxygen atoms in total. The van der Waals surface area contributed by atoms with E-state index in [0.29, 0.717) is 5.91 Å². The average Bonchev–Trinajstić information content (AvgIpc) is 2.77. The van der Waals surface area contributed by atoms with Crippen LogP contribution in [-0.2, 0) is 4.79 Å². The minimum atomic E-state index is -0.117. The van der Waals surface area contributed by atoms with Crippen molar-refractivity contribution < 1.29 is 9.53 Å². The van der Waals surface area contributed by atoms with Gasteiger partial charge in [-0.05, 0) is 44.5 Å². The summed E-state index contributed by atoms with van der Waals surface area (Å²) >= 11 is 0. The lowest BCUT2D eigenvalue weighted by Gasteiger charge is -2.32. The Morgan fingerprint density at radius 3 is 2.70 bits per heavy atom. The predicted octanol–water partition coefficient (Wildman–Crippen LogP) is 2.22. The molecule has 0 unspecified atom stereocenters. The summed E-state index contributed by atoms with van der Waals surface area (Å²) in [6.45, 7) is 2.74. The van der Waals surface area contributed by atoms with Crippen LogP contribution in [0, 0.1) is 5.41 Å². The Labute approximate surface area is 125 Å². The topological polar surface area (TPSA) is 41.6 Å². The molecule has 1 spiro atoms. The van der Waals surface area contributed by atoms with Crippen LogP contribution in [0.2, 0.25) is 0 Å². The van der Waals surface area contributed by atoms with Crippen molar-refractivity contribution in [2.75, 3.05) is 31.6 Å². The third-order valence-corrected chi connectivity index (χ3v) is 4.44. The first-order chi connectivity index (χ1) is 9.25.